The summed E-state index contributed by atoms with van der Waals surface area (Å²) in [5, 5.41) is 3.27. The van der Waals surface area contributed by atoms with Crippen LogP contribution in [0, 0.1) is 12.3 Å². The topological polar surface area (TPSA) is 21.3 Å². The van der Waals surface area contributed by atoms with Gasteiger partial charge in [0.1, 0.15) is 0 Å². The number of hydrogen-bond donors (Lipinski definition) is 1. The molecule has 0 radical (unpaired) electrons. The first-order valence-corrected chi connectivity index (χ1v) is 3.95. The summed E-state index contributed by atoms with van der Waals surface area (Å²) in [7, 11) is 1.70. The zero-order chi connectivity index (χ0) is 8.69. The van der Waals surface area contributed by atoms with Gasteiger partial charge in [0.05, 0.1) is 6.10 Å². The van der Waals surface area contributed by atoms with Gasteiger partial charge in [0.2, 0.25) is 0 Å². The smallest absolute Gasteiger partial charge is 0.0705 e. The van der Waals surface area contributed by atoms with E-state index in [1.165, 1.54) is 0 Å². The maximum atomic E-state index is 5.21. The van der Waals surface area contributed by atoms with E-state index in [4.69, 9.17) is 11.2 Å². The highest BCUT2D eigenvalue weighted by atomic mass is 16.5. The van der Waals surface area contributed by atoms with E-state index < -0.39 is 0 Å². The molecule has 11 heavy (non-hydrogen) atoms. The average molecular weight is 155 g/mol. The molecule has 2 unspecified atom stereocenters. The van der Waals surface area contributed by atoms with E-state index in [-0.39, 0.29) is 12.1 Å². The number of hydrogen-bond acceptors (Lipinski definition) is 2. The average Bonchev–Trinajstić information content (AvgIpc) is 2.03. The quantitative estimate of drug-likeness (QED) is 0.599. The molecule has 0 saturated carbocycles. The molecule has 0 aliphatic rings. The van der Waals surface area contributed by atoms with Crippen LogP contribution in [0.5, 0.6) is 0 Å². The Balaban J connectivity index is 3.78. The van der Waals surface area contributed by atoms with Crippen molar-refractivity contribution in [3.63, 3.8) is 0 Å². The van der Waals surface area contributed by atoms with Gasteiger partial charge in [0, 0.05) is 19.6 Å². The summed E-state index contributed by atoms with van der Waals surface area (Å²) in [6.45, 7) is 5.01. The minimum atomic E-state index is 0.186. The molecule has 2 nitrogen and oxygen atoms in total. The molecular formula is C9H17NO. The van der Waals surface area contributed by atoms with Crippen molar-refractivity contribution < 1.29 is 4.74 Å². The summed E-state index contributed by atoms with van der Waals surface area (Å²) in [5.41, 5.74) is 0. The second kappa shape index (κ2) is 6.21. The molecule has 0 heterocycles. The first kappa shape index (κ1) is 10.5. The van der Waals surface area contributed by atoms with Crippen molar-refractivity contribution in [2.24, 2.45) is 0 Å². The van der Waals surface area contributed by atoms with Gasteiger partial charge in [-0.25, -0.2) is 0 Å². The highest BCUT2D eigenvalue weighted by Crippen LogP contribution is 2.00. The van der Waals surface area contributed by atoms with Crippen LogP contribution in [0.3, 0.4) is 0 Å². The van der Waals surface area contributed by atoms with Gasteiger partial charge in [-0.1, -0.05) is 6.92 Å². The molecule has 0 fully saturated rings. The Hall–Kier alpha value is -0.520. The Morgan fingerprint density at radius 2 is 2.27 bits per heavy atom. The molecule has 0 saturated heterocycles. The molecular weight excluding hydrogens is 138 g/mol. The molecule has 0 aliphatic heterocycles. The largest absolute Gasteiger partial charge is 0.380 e. The molecule has 0 amide bonds. The van der Waals surface area contributed by atoms with Crippen LogP contribution in [0.25, 0.3) is 0 Å². The summed E-state index contributed by atoms with van der Waals surface area (Å²) in [6.07, 6.45) is 6.12. The third-order valence-electron chi connectivity index (χ3n) is 1.74. The van der Waals surface area contributed by atoms with E-state index in [1.54, 1.807) is 7.11 Å². The molecule has 1 N–H and O–H groups in total. The highest BCUT2D eigenvalue weighted by molar-refractivity contribution is 4.91. The van der Waals surface area contributed by atoms with Crippen molar-refractivity contribution in [2.75, 3.05) is 13.7 Å². The van der Waals surface area contributed by atoms with E-state index in [2.05, 4.69) is 18.2 Å². The van der Waals surface area contributed by atoms with Gasteiger partial charge >= 0.3 is 0 Å². The molecule has 0 aromatic carbocycles. The molecule has 0 aromatic rings. The summed E-state index contributed by atoms with van der Waals surface area (Å²) in [4.78, 5) is 0. The third kappa shape index (κ3) is 4.02. The Morgan fingerprint density at radius 3 is 2.64 bits per heavy atom. The van der Waals surface area contributed by atoms with Gasteiger partial charge in [-0.05, 0) is 13.5 Å². The van der Waals surface area contributed by atoms with Gasteiger partial charge in [-0.15, -0.1) is 12.3 Å². The van der Waals surface area contributed by atoms with E-state index in [9.17, 15) is 0 Å². The maximum Gasteiger partial charge on any atom is 0.0705 e. The molecule has 64 valence electrons. The van der Waals surface area contributed by atoms with E-state index >= 15 is 0 Å². The zero-order valence-corrected chi connectivity index (χ0v) is 7.55. The lowest BCUT2D eigenvalue weighted by molar-refractivity contribution is 0.0852. The first-order valence-electron chi connectivity index (χ1n) is 3.95. The fraction of sp³-hybridized carbons (Fsp3) is 0.778. The second-order valence-electron chi connectivity index (χ2n) is 2.51. The summed E-state index contributed by atoms with van der Waals surface area (Å²) >= 11 is 0. The molecule has 0 aromatic heterocycles. The van der Waals surface area contributed by atoms with Crippen LogP contribution in [0.1, 0.15) is 20.3 Å². The predicted molar refractivity (Wildman–Crippen MR) is 47.4 cm³/mol. The Labute approximate surface area is 69.3 Å². The van der Waals surface area contributed by atoms with Gasteiger partial charge < -0.3 is 10.1 Å². The zero-order valence-electron chi connectivity index (χ0n) is 7.55. The van der Waals surface area contributed by atoms with Crippen LogP contribution in [-0.2, 0) is 4.74 Å². The van der Waals surface area contributed by atoms with Gasteiger partial charge in [0.25, 0.3) is 0 Å². The summed E-state index contributed by atoms with van der Waals surface area (Å²) in [6, 6.07) is 0.287. The molecule has 0 bridgehead atoms. The fourth-order valence-corrected chi connectivity index (χ4v) is 0.958. The predicted octanol–water partition coefficient (Wildman–Crippen LogP) is 1.02. The van der Waals surface area contributed by atoms with Crippen molar-refractivity contribution in [2.45, 2.75) is 32.4 Å². The van der Waals surface area contributed by atoms with Gasteiger partial charge in [-0.2, -0.15) is 0 Å². The lowest BCUT2D eigenvalue weighted by Crippen LogP contribution is -2.38. The number of rotatable bonds is 5. The molecule has 0 rings (SSSR count). The van der Waals surface area contributed by atoms with Gasteiger partial charge in [-0.3, -0.25) is 0 Å². The minimum Gasteiger partial charge on any atom is -0.380 e. The monoisotopic (exact) mass is 155 g/mol. The molecule has 0 aliphatic carbocycles. The van der Waals surface area contributed by atoms with Crippen molar-refractivity contribution in [3.05, 3.63) is 0 Å². The Bertz CT molecular complexity index is 128. The third-order valence-corrected chi connectivity index (χ3v) is 1.74. The second-order valence-corrected chi connectivity index (χ2v) is 2.51. The van der Waals surface area contributed by atoms with Crippen molar-refractivity contribution >= 4 is 0 Å². The highest BCUT2D eigenvalue weighted by Gasteiger charge is 2.13. The summed E-state index contributed by atoms with van der Waals surface area (Å²) < 4.78 is 5.16. The fourth-order valence-electron chi connectivity index (χ4n) is 0.958. The number of ether oxygens (including phenoxy) is 1. The number of likely N-dealkylation sites (N-methyl/N-ethyl adjacent to an activating group) is 1. The van der Waals surface area contributed by atoms with Crippen molar-refractivity contribution in [1.82, 2.24) is 5.32 Å². The van der Waals surface area contributed by atoms with Gasteiger partial charge in [0.15, 0.2) is 0 Å². The lowest BCUT2D eigenvalue weighted by Gasteiger charge is -2.21. The van der Waals surface area contributed by atoms with Crippen LogP contribution < -0.4 is 5.32 Å². The SMILES string of the molecule is C#CCC(NCC)C(C)OC. The lowest BCUT2D eigenvalue weighted by atomic mass is 10.1. The minimum absolute atomic E-state index is 0.186. The van der Waals surface area contributed by atoms with Crippen LogP contribution >= 0.6 is 0 Å². The number of terminal acetylenes is 1. The number of methoxy groups -OCH3 is 1. The Kier molecular flexibility index (Phi) is 5.91. The van der Waals surface area contributed by atoms with Crippen molar-refractivity contribution in [1.29, 1.82) is 0 Å². The molecule has 2 atom stereocenters. The number of nitrogens with one attached hydrogen (secondary N) is 1. The first-order chi connectivity index (χ1) is 5.26. The van der Waals surface area contributed by atoms with Crippen molar-refractivity contribution in [3.8, 4) is 12.3 Å². The standard InChI is InChI=1S/C9H17NO/c1-5-7-9(10-6-2)8(3)11-4/h1,8-10H,6-7H2,2-4H3. The van der Waals surface area contributed by atoms with E-state index in [1.807, 2.05) is 6.92 Å². The van der Waals surface area contributed by atoms with E-state index in [0.717, 1.165) is 13.0 Å². The molecule has 2 heteroatoms. The Morgan fingerprint density at radius 1 is 1.64 bits per heavy atom. The maximum absolute atomic E-state index is 5.21. The van der Waals surface area contributed by atoms with E-state index in [0.29, 0.717) is 0 Å². The van der Waals surface area contributed by atoms with Crippen LogP contribution in [-0.4, -0.2) is 25.8 Å². The van der Waals surface area contributed by atoms with Crippen LogP contribution in [0.4, 0.5) is 0 Å². The van der Waals surface area contributed by atoms with Crippen LogP contribution in [0.15, 0.2) is 0 Å². The molecule has 0 spiro atoms. The normalized spacial score (nSPS) is 15.5. The van der Waals surface area contributed by atoms with Crippen LogP contribution in [0.2, 0.25) is 0 Å². The summed E-state index contributed by atoms with van der Waals surface area (Å²) in [5.74, 6) is 2.63.